The summed E-state index contributed by atoms with van der Waals surface area (Å²) in [4.78, 5) is 11.6. The van der Waals surface area contributed by atoms with Gasteiger partial charge in [-0.15, -0.1) is 0 Å². The van der Waals surface area contributed by atoms with Crippen LogP contribution >= 0.6 is 0 Å². The molecular formula is C17H22N2O5. The Bertz CT molecular complexity index is 652. The Balaban J connectivity index is 2.07. The molecule has 2 N–H and O–H groups in total. The van der Waals surface area contributed by atoms with Crippen LogP contribution in [0.3, 0.4) is 0 Å². The molecule has 24 heavy (non-hydrogen) atoms. The van der Waals surface area contributed by atoms with Gasteiger partial charge >= 0.3 is 5.97 Å². The summed E-state index contributed by atoms with van der Waals surface area (Å²) in [7, 11) is 1.57. The van der Waals surface area contributed by atoms with Gasteiger partial charge in [0.25, 0.3) is 0 Å². The van der Waals surface area contributed by atoms with Crippen LogP contribution in [0.25, 0.3) is 11.3 Å². The minimum atomic E-state index is -1.09. The molecule has 0 aliphatic rings. The largest absolute Gasteiger partial charge is 0.497 e. The molecule has 0 amide bonds. The molecule has 1 heterocycles. The van der Waals surface area contributed by atoms with Crippen molar-refractivity contribution in [2.45, 2.75) is 19.8 Å². The Hall–Kier alpha value is -2.54. The van der Waals surface area contributed by atoms with Crippen molar-refractivity contribution in [2.24, 2.45) is 0 Å². The van der Waals surface area contributed by atoms with Gasteiger partial charge in [-0.3, -0.25) is 0 Å². The van der Waals surface area contributed by atoms with E-state index in [4.69, 9.17) is 14.0 Å². The number of aromatic carboxylic acids is 1. The lowest BCUT2D eigenvalue weighted by Gasteiger charge is -2.05. The number of anilines is 1. The topological polar surface area (TPSA) is 93.8 Å². The second-order valence-electron chi connectivity index (χ2n) is 5.16. The average molecular weight is 334 g/mol. The number of carboxylic acids is 1. The van der Waals surface area contributed by atoms with Crippen molar-refractivity contribution in [1.29, 1.82) is 0 Å². The molecule has 1 aromatic carbocycles. The summed E-state index contributed by atoms with van der Waals surface area (Å²) >= 11 is 0. The highest BCUT2D eigenvalue weighted by atomic mass is 16.5. The first-order valence-corrected chi connectivity index (χ1v) is 7.86. The normalized spacial score (nSPS) is 10.6. The molecule has 0 aliphatic heterocycles. The molecule has 0 spiro atoms. The van der Waals surface area contributed by atoms with E-state index in [1.165, 1.54) is 0 Å². The Morgan fingerprint density at radius 2 is 2.04 bits per heavy atom. The van der Waals surface area contributed by atoms with E-state index in [1.807, 2.05) is 6.92 Å². The molecule has 0 fully saturated rings. The smallest absolute Gasteiger partial charge is 0.343 e. The fourth-order valence-electron chi connectivity index (χ4n) is 2.18. The van der Waals surface area contributed by atoms with Gasteiger partial charge in [-0.2, -0.15) is 0 Å². The molecule has 1 aromatic heterocycles. The van der Waals surface area contributed by atoms with Crippen LogP contribution in [-0.4, -0.2) is 43.1 Å². The molecule has 0 radical (unpaired) electrons. The van der Waals surface area contributed by atoms with Crippen LogP contribution in [-0.2, 0) is 4.74 Å². The van der Waals surface area contributed by atoms with Gasteiger partial charge in [-0.1, -0.05) is 12.1 Å². The van der Waals surface area contributed by atoms with E-state index in [0.717, 1.165) is 19.4 Å². The Morgan fingerprint density at radius 3 is 2.67 bits per heavy atom. The van der Waals surface area contributed by atoms with Gasteiger partial charge in [-0.05, 0) is 37.1 Å². The van der Waals surface area contributed by atoms with Crippen molar-refractivity contribution >= 4 is 11.8 Å². The minimum Gasteiger partial charge on any atom is -0.497 e. The number of aromatic nitrogens is 1. The van der Waals surface area contributed by atoms with E-state index in [-0.39, 0.29) is 17.1 Å². The number of hydrogen-bond acceptors (Lipinski definition) is 6. The maximum Gasteiger partial charge on any atom is 0.343 e. The van der Waals surface area contributed by atoms with Gasteiger partial charge in [0.15, 0.2) is 17.1 Å². The van der Waals surface area contributed by atoms with E-state index in [1.54, 1.807) is 31.4 Å². The Labute approximate surface area is 140 Å². The van der Waals surface area contributed by atoms with Crippen LogP contribution < -0.4 is 10.1 Å². The molecule has 7 nitrogen and oxygen atoms in total. The molecular weight excluding hydrogens is 312 g/mol. The zero-order valence-electron chi connectivity index (χ0n) is 13.9. The first-order chi connectivity index (χ1) is 11.7. The minimum absolute atomic E-state index is 0.0228. The number of benzene rings is 1. The number of carboxylic acid groups (broad SMARTS) is 1. The van der Waals surface area contributed by atoms with E-state index >= 15 is 0 Å². The van der Waals surface area contributed by atoms with Gasteiger partial charge in [0, 0.05) is 25.3 Å². The molecule has 7 heteroatoms. The van der Waals surface area contributed by atoms with Crippen molar-refractivity contribution in [3.63, 3.8) is 0 Å². The SMILES string of the molecule is CCCOCCCNc1noc(-c2ccc(OC)cc2)c1C(=O)O. The van der Waals surface area contributed by atoms with Crippen LogP contribution in [0.1, 0.15) is 30.1 Å². The van der Waals surface area contributed by atoms with Crippen molar-refractivity contribution in [3.05, 3.63) is 29.8 Å². The molecule has 2 rings (SSSR count). The van der Waals surface area contributed by atoms with Gasteiger partial charge < -0.3 is 24.4 Å². The summed E-state index contributed by atoms with van der Waals surface area (Å²) in [6, 6.07) is 6.94. The number of nitrogens with one attached hydrogen (secondary N) is 1. The predicted octanol–water partition coefficient (Wildman–Crippen LogP) is 3.28. The van der Waals surface area contributed by atoms with Crippen LogP contribution in [0.4, 0.5) is 5.82 Å². The molecule has 0 saturated heterocycles. The summed E-state index contributed by atoms with van der Waals surface area (Å²) in [6.07, 6.45) is 1.73. The summed E-state index contributed by atoms with van der Waals surface area (Å²) in [5.41, 5.74) is 0.648. The van der Waals surface area contributed by atoms with Crippen molar-refractivity contribution in [2.75, 3.05) is 32.2 Å². The van der Waals surface area contributed by atoms with E-state index < -0.39 is 5.97 Å². The first kappa shape index (κ1) is 17.8. The van der Waals surface area contributed by atoms with Crippen LogP contribution in [0.15, 0.2) is 28.8 Å². The van der Waals surface area contributed by atoms with Gasteiger partial charge in [0.05, 0.1) is 7.11 Å². The third-order valence-electron chi connectivity index (χ3n) is 3.36. The van der Waals surface area contributed by atoms with Crippen molar-refractivity contribution in [3.8, 4) is 17.1 Å². The lowest BCUT2D eigenvalue weighted by Crippen LogP contribution is -2.09. The molecule has 0 atom stereocenters. The fourth-order valence-corrected chi connectivity index (χ4v) is 2.18. The number of rotatable bonds is 10. The summed E-state index contributed by atoms with van der Waals surface area (Å²) in [6.45, 7) is 3.95. The third kappa shape index (κ3) is 4.48. The lowest BCUT2D eigenvalue weighted by molar-refractivity contribution is 0.0698. The van der Waals surface area contributed by atoms with Crippen LogP contribution in [0.5, 0.6) is 5.75 Å². The fraction of sp³-hybridized carbons (Fsp3) is 0.412. The van der Waals surface area contributed by atoms with Crippen LogP contribution in [0.2, 0.25) is 0 Å². The zero-order valence-corrected chi connectivity index (χ0v) is 13.9. The van der Waals surface area contributed by atoms with Crippen molar-refractivity contribution in [1.82, 2.24) is 5.16 Å². The van der Waals surface area contributed by atoms with Gasteiger partial charge in [0.2, 0.25) is 0 Å². The lowest BCUT2D eigenvalue weighted by atomic mass is 10.1. The number of nitrogens with zero attached hydrogens (tertiary/aromatic N) is 1. The van der Waals surface area contributed by atoms with Gasteiger partial charge in [-0.25, -0.2) is 4.79 Å². The van der Waals surface area contributed by atoms with E-state index in [9.17, 15) is 9.90 Å². The number of ether oxygens (including phenoxy) is 2. The molecule has 0 bridgehead atoms. The summed E-state index contributed by atoms with van der Waals surface area (Å²) < 4.78 is 15.7. The number of methoxy groups -OCH3 is 1. The standard InChI is InChI=1S/C17H22N2O5/c1-3-10-23-11-4-9-18-16-14(17(20)21)15(24-19-16)12-5-7-13(22-2)8-6-12/h5-8H,3-4,9-11H2,1-2H3,(H,18,19)(H,20,21). The highest BCUT2D eigenvalue weighted by Gasteiger charge is 2.23. The Kier molecular flexibility index (Phi) is 6.62. The number of carbonyl (C=O) groups is 1. The monoisotopic (exact) mass is 334 g/mol. The molecule has 2 aromatic rings. The zero-order chi connectivity index (χ0) is 17.4. The third-order valence-corrected chi connectivity index (χ3v) is 3.36. The summed E-state index contributed by atoms with van der Waals surface area (Å²) in [5, 5.41) is 16.3. The quantitative estimate of drug-likeness (QED) is 0.644. The van der Waals surface area contributed by atoms with E-state index in [0.29, 0.717) is 24.5 Å². The molecule has 0 saturated carbocycles. The predicted molar refractivity (Wildman–Crippen MR) is 89.7 cm³/mol. The number of hydrogen-bond donors (Lipinski definition) is 2. The second kappa shape index (κ2) is 8.93. The highest BCUT2D eigenvalue weighted by Crippen LogP contribution is 2.30. The van der Waals surface area contributed by atoms with Crippen molar-refractivity contribution < 1.29 is 23.9 Å². The van der Waals surface area contributed by atoms with Gasteiger partial charge in [0.1, 0.15) is 5.75 Å². The average Bonchev–Trinajstić information content (AvgIpc) is 3.02. The maximum absolute atomic E-state index is 11.6. The summed E-state index contributed by atoms with van der Waals surface area (Å²) in [5.74, 6) is 0.0334. The molecule has 0 aliphatic carbocycles. The van der Waals surface area contributed by atoms with E-state index in [2.05, 4.69) is 10.5 Å². The first-order valence-electron chi connectivity index (χ1n) is 7.86. The highest BCUT2D eigenvalue weighted by molar-refractivity contribution is 5.99. The Morgan fingerprint density at radius 1 is 1.29 bits per heavy atom. The second-order valence-corrected chi connectivity index (χ2v) is 5.16. The van der Waals surface area contributed by atoms with Crippen LogP contribution in [0, 0.1) is 0 Å². The maximum atomic E-state index is 11.6. The molecule has 0 unspecified atom stereocenters. The molecule has 130 valence electrons.